The van der Waals surface area contributed by atoms with Gasteiger partial charge in [0.25, 0.3) is 0 Å². The van der Waals surface area contributed by atoms with Gasteiger partial charge in [-0.05, 0) is 38.5 Å². The first kappa shape index (κ1) is 21.4. The van der Waals surface area contributed by atoms with Gasteiger partial charge in [0.05, 0.1) is 13.2 Å². The molecule has 0 radical (unpaired) electrons. The molecule has 0 spiro atoms. The van der Waals surface area contributed by atoms with Crippen molar-refractivity contribution in [3.05, 3.63) is 0 Å². The summed E-state index contributed by atoms with van der Waals surface area (Å²) >= 11 is 1.17. The van der Waals surface area contributed by atoms with Gasteiger partial charge in [-0.1, -0.05) is 20.8 Å². The van der Waals surface area contributed by atoms with Crippen molar-refractivity contribution in [2.24, 2.45) is 5.92 Å². The summed E-state index contributed by atoms with van der Waals surface area (Å²) in [5.41, 5.74) is 0. The lowest BCUT2D eigenvalue weighted by Gasteiger charge is -2.28. The van der Waals surface area contributed by atoms with Crippen molar-refractivity contribution in [1.82, 2.24) is 14.3 Å². The predicted molar refractivity (Wildman–Crippen MR) is 104 cm³/mol. The third-order valence-corrected chi connectivity index (χ3v) is 5.23. The van der Waals surface area contributed by atoms with Crippen molar-refractivity contribution in [2.45, 2.75) is 71.6 Å². The number of carbonyl (C=O) groups is 2. The van der Waals surface area contributed by atoms with Crippen molar-refractivity contribution < 1.29 is 19.1 Å². The molecule has 1 fully saturated rings. The van der Waals surface area contributed by atoms with Gasteiger partial charge in [-0.2, -0.15) is 4.98 Å². The first-order valence-corrected chi connectivity index (χ1v) is 10.3. The summed E-state index contributed by atoms with van der Waals surface area (Å²) in [6.07, 6.45) is 2.96. The number of nitrogens with one attached hydrogen (secondary N) is 1. The van der Waals surface area contributed by atoms with Crippen molar-refractivity contribution in [3.63, 3.8) is 0 Å². The van der Waals surface area contributed by atoms with Crippen LogP contribution < -0.4 is 10.1 Å². The lowest BCUT2D eigenvalue weighted by atomic mass is 10.0. The van der Waals surface area contributed by atoms with Crippen LogP contribution in [0.3, 0.4) is 0 Å². The molecule has 3 atom stereocenters. The third-order valence-electron chi connectivity index (χ3n) is 4.60. The molecule has 1 saturated heterocycles. The number of hydrogen-bond donors (Lipinski definition) is 1. The lowest BCUT2D eigenvalue weighted by Crippen LogP contribution is -2.48. The molecule has 1 aliphatic rings. The molecule has 1 amide bonds. The number of methoxy groups -OCH3 is 1. The molecule has 0 bridgehead atoms. The van der Waals surface area contributed by atoms with Crippen LogP contribution in [0.4, 0.5) is 5.13 Å². The van der Waals surface area contributed by atoms with Crippen LogP contribution in [0.1, 0.15) is 53.4 Å². The topological polar surface area (TPSA) is 93.7 Å². The van der Waals surface area contributed by atoms with Gasteiger partial charge in [0, 0.05) is 18.1 Å². The van der Waals surface area contributed by atoms with E-state index in [9.17, 15) is 9.59 Å². The number of anilines is 1. The van der Waals surface area contributed by atoms with Crippen LogP contribution in [-0.2, 0) is 14.3 Å². The predicted octanol–water partition coefficient (Wildman–Crippen LogP) is 2.71. The van der Waals surface area contributed by atoms with E-state index in [2.05, 4.69) is 28.5 Å². The van der Waals surface area contributed by atoms with Gasteiger partial charge in [0.2, 0.25) is 11.0 Å². The summed E-state index contributed by atoms with van der Waals surface area (Å²) in [5.74, 6) is -0.158. The van der Waals surface area contributed by atoms with Crippen LogP contribution in [0.2, 0.25) is 0 Å². The van der Waals surface area contributed by atoms with Gasteiger partial charge in [-0.25, -0.2) is 4.79 Å². The second-order valence-corrected chi connectivity index (χ2v) is 8.01. The van der Waals surface area contributed by atoms with Crippen LogP contribution in [0.15, 0.2) is 0 Å². The van der Waals surface area contributed by atoms with Crippen molar-refractivity contribution in [1.29, 1.82) is 0 Å². The van der Waals surface area contributed by atoms with Crippen molar-refractivity contribution in [2.75, 3.05) is 19.0 Å². The number of nitrogens with zero attached hydrogens (tertiary/aromatic N) is 3. The molecule has 8 nitrogen and oxygen atoms in total. The zero-order valence-corrected chi connectivity index (χ0v) is 17.5. The highest BCUT2D eigenvalue weighted by Gasteiger charge is 2.38. The Morgan fingerprint density at radius 1 is 1.37 bits per heavy atom. The summed E-state index contributed by atoms with van der Waals surface area (Å²) in [4.78, 5) is 31.1. The Hall–Kier alpha value is -1.90. The number of ether oxygens (including phenoxy) is 2. The molecular formula is C18H30N4O4S. The minimum Gasteiger partial charge on any atom is -0.467 e. The number of carbonyl (C=O) groups excluding carboxylic acids is 2. The van der Waals surface area contributed by atoms with Crippen molar-refractivity contribution >= 4 is 28.5 Å². The zero-order chi connectivity index (χ0) is 20.0. The van der Waals surface area contributed by atoms with Gasteiger partial charge in [0.1, 0.15) is 12.1 Å². The Balaban J connectivity index is 2.10. The third kappa shape index (κ3) is 5.79. The molecule has 1 aromatic rings. The van der Waals surface area contributed by atoms with E-state index < -0.39 is 12.1 Å². The molecule has 2 rings (SSSR count). The number of hydrogen-bond acceptors (Lipinski definition) is 8. The summed E-state index contributed by atoms with van der Waals surface area (Å²) < 4.78 is 14.7. The molecular weight excluding hydrogens is 368 g/mol. The van der Waals surface area contributed by atoms with Crippen LogP contribution in [0.25, 0.3) is 0 Å². The quantitative estimate of drug-likeness (QED) is 0.639. The number of aromatic nitrogens is 2. The molecule has 1 N–H and O–H groups in total. The van der Waals surface area contributed by atoms with E-state index in [0.717, 1.165) is 12.8 Å². The Morgan fingerprint density at radius 2 is 2.11 bits per heavy atom. The fourth-order valence-corrected chi connectivity index (χ4v) is 3.60. The number of amides is 1. The molecule has 0 aromatic carbocycles. The molecule has 27 heavy (non-hydrogen) atoms. The van der Waals surface area contributed by atoms with Gasteiger partial charge < -0.3 is 19.7 Å². The SMILES string of the molecule is CCC(C)Oc1nsc(N[C@@H](CC(C)C)C(=O)N2CCC[C@H]2C(=O)OC)n1. The highest BCUT2D eigenvalue weighted by molar-refractivity contribution is 7.09. The van der Waals surface area contributed by atoms with E-state index >= 15 is 0 Å². The first-order valence-electron chi connectivity index (χ1n) is 9.50. The number of esters is 1. The smallest absolute Gasteiger partial charge is 0.330 e. The standard InChI is InChI=1S/C18H30N4O4S/c1-6-12(4)26-17-20-18(27-21-17)19-13(10-11(2)3)15(23)22-9-7-8-14(22)16(24)25-5/h11-14H,6-10H2,1-5H3,(H,19,20,21)/t12?,13-,14-/m0/s1. The molecule has 9 heteroatoms. The van der Waals surface area contributed by atoms with E-state index in [4.69, 9.17) is 9.47 Å². The largest absolute Gasteiger partial charge is 0.467 e. The van der Waals surface area contributed by atoms with Crippen LogP contribution in [0.5, 0.6) is 6.01 Å². The Labute approximate surface area is 164 Å². The highest BCUT2D eigenvalue weighted by atomic mass is 32.1. The number of likely N-dealkylation sites (tertiary alicyclic amines) is 1. The van der Waals surface area contributed by atoms with E-state index in [0.29, 0.717) is 36.4 Å². The summed E-state index contributed by atoms with van der Waals surface area (Å²) in [5, 5.41) is 3.74. The van der Waals surface area contributed by atoms with Crippen LogP contribution in [0, 0.1) is 5.92 Å². The summed E-state index contributed by atoms with van der Waals surface area (Å²) in [7, 11) is 1.35. The monoisotopic (exact) mass is 398 g/mol. The van der Waals surface area contributed by atoms with Gasteiger partial charge in [0.15, 0.2) is 0 Å². The fourth-order valence-electron chi connectivity index (χ4n) is 3.03. The van der Waals surface area contributed by atoms with E-state index in [1.54, 1.807) is 4.90 Å². The van der Waals surface area contributed by atoms with Crippen molar-refractivity contribution in [3.8, 4) is 6.01 Å². The zero-order valence-electron chi connectivity index (χ0n) is 16.7. The van der Waals surface area contributed by atoms with Gasteiger partial charge in [-0.3, -0.25) is 4.79 Å². The minimum absolute atomic E-state index is 0.0333. The molecule has 1 aromatic heterocycles. The fraction of sp³-hybridized carbons (Fsp3) is 0.778. The Morgan fingerprint density at radius 3 is 2.74 bits per heavy atom. The maximum Gasteiger partial charge on any atom is 0.330 e. The van der Waals surface area contributed by atoms with Gasteiger partial charge >= 0.3 is 12.0 Å². The highest BCUT2D eigenvalue weighted by Crippen LogP contribution is 2.24. The average Bonchev–Trinajstić information content (AvgIpc) is 3.28. The van der Waals surface area contributed by atoms with E-state index in [1.807, 2.05) is 13.8 Å². The first-order chi connectivity index (χ1) is 12.8. The van der Waals surface area contributed by atoms with E-state index in [-0.39, 0.29) is 18.0 Å². The number of rotatable bonds is 9. The maximum atomic E-state index is 13.1. The second kappa shape index (κ2) is 9.87. The summed E-state index contributed by atoms with van der Waals surface area (Å²) in [6.45, 7) is 8.66. The molecule has 0 saturated carbocycles. The van der Waals surface area contributed by atoms with E-state index in [1.165, 1.54) is 18.6 Å². The molecule has 1 unspecified atom stereocenters. The van der Waals surface area contributed by atoms with Crippen LogP contribution in [-0.4, -0.2) is 58.0 Å². The molecule has 1 aliphatic heterocycles. The lowest BCUT2D eigenvalue weighted by molar-refractivity contribution is -0.151. The molecule has 152 valence electrons. The van der Waals surface area contributed by atoms with Gasteiger partial charge in [-0.15, -0.1) is 4.37 Å². The maximum absolute atomic E-state index is 13.1. The summed E-state index contributed by atoms with van der Waals surface area (Å²) in [6, 6.07) is -0.654. The molecule has 2 heterocycles. The molecule has 0 aliphatic carbocycles. The Kier molecular flexibility index (Phi) is 7.82. The Bertz CT molecular complexity index is 637. The second-order valence-electron chi connectivity index (χ2n) is 7.26. The minimum atomic E-state index is -0.502. The normalized spacial score (nSPS) is 19.0. The van der Waals surface area contributed by atoms with Crippen LogP contribution >= 0.6 is 11.5 Å². The average molecular weight is 399 g/mol.